The first-order chi connectivity index (χ1) is 16.8. The number of hydrogen-bond donors (Lipinski definition) is 1. The van der Waals surface area contributed by atoms with Gasteiger partial charge < -0.3 is 14.6 Å². The fraction of sp³-hybridized carbons (Fsp3) is 0.444. The van der Waals surface area contributed by atoms with Gasteiger partial charge in [0, 0.05) is 53.5 Å². The van der Waals surface area contributed by atoms with Crippen LogP contribution in [0.4, 0.5) is 18.9 Å². The predicted molar refractivity (Wildman–Crippen MR) is 129 cm³/mol. The molecule has 2 aliphatic heterocycles. The van der Waals surface area contributed by atoms with E-state index in [0.717, 1.165) is 22.2 Å². The summed E-state index contributed by atoms with van der Waals surface area (Å²) in [5.41, 5.74) is 3.09. The van der Waals surface area contributed by atoms with Gasteiger partial charge in [-0.05, 0) is 43.0 Å². The molecule has 3 heterocycles. The molecule has 0 aliphatic carbocycles. The highest BCUT2D eigenvalue weighted by atomic mass is 19.1. The number of halogens is 3. The van der Waals surface area contributed by atoms with Crippen LogP contribution in [0, 0.1) is 23.5 Å². The molecular formula is C27H30F3N3O2. The smallest absolute Gasteiger partial charge is 0.312 e. The molecule has 1 fully saturated rings. The summed E-state index contributed by atoms with van der Waals surface area (Å²) in [6.45, 7) is 4.43. The quantitative estimate of drug-likeness (QED) is 0.500. The van der Waals surface area contributed by atoms with Gasteiger partial charge in [-0.2, -0.15) is 0 Å². The van der Waals surface area contributed by atoms with E-state index >= 15 is 8.78 Å². The van der Waals surface area contributed by atoms with E-state index in [1.54, 1.807) is 4.90 Å². The van der Waals surface area contributed by atoms with Crippen LogP contribution in [0.15, 0.2) is 36.4 Å². The SMILES string of the molecule is COC(=O)C1CN(c2cc(F)c([C@@H]3c4[nH]c5ccccc5c4C[C@@H](C)N3C[C@H](C)CF)c(F)c2)C1. The normalized spacial score (nSPS) is 21.6. The van der Waals surface area contributed by atoms with Crippen molar-refractivity contribution >= 4 is 22.6 Å². The molecule has 0 saturated carbocycles. The van der Waals surface area contributed by atoms with Gasteiger partial charge >= 0.3 is 5.97 Å². The van der Waals surface area contributed by atoms with Crippen LogP contribution in [-0.4, -0.2) is 55.3 Å². The van der Waals surface area contributed by atoms with Gasteiger partial charge in [0.15, 0.2) is 0 Å². The number of fused-ring (bicyclic) bond motifs is 3. The molecule has 8 heteroatoms. The van der Waals surface area contributed by atoms with Gasteiger partial charge in [0.2, 0.25) is 0 Å². The van der Waals surface area contributed by atoms with Gasteiger partial charge in [0.1, 0.15) is 11.6 Å². The zero-order valence-corrected chi connectivity index (χ0v) is 20.2. The molecule has 3 atom stereocenters. The molecule has 0 spiro atoms. The van der Waals surface area contributed by atoms with E-state index in [1.807, 2.05) is 43.0 Å². The number of hydrogen-bond acceptors (Lipinski definition) is 4. The molecule has 5 rings (SSSR count). The first-order valence-electron chi connectivity index (χ1n) is 12.0. The van der Waals surface area contributed by atoms with Crippen molar-refractivity contribution in [3.8, 4) is 0 Å². The van der Waals surface area contributed by atoms with Crippen molar-refractivity contribution in [2.45, 2.75) is 32.4 Å². The molecule has 3 aromatic rings. The maximum Gasteiger partial charge on any atom is 0.312 e. The molecule has 186 valence electrons. The van der Waals surface area contributed by atoms with Gasteiger partial charge in [0.25, 0.3) is 0 Å². The Hall–Kier alpha value is -3.00. The van der Waals surface area contributed by atoms with Crippen LogP contribution in [-0.2, 0) is 16.0 Å². The van der Waals surface area contributed by atoms with E-state index in [9.17, 15) is 9.18 Å². The first-order valence-corrected chi connectivity index (χ1v) is 12.0. The third-order valence-electron chi connectivity index (χ3n) is 7.42. The van der Waals surface area contributed by atoms with E-state index in [-0.39, 0.29) is 29.4 Å². The van der Waals surface area contributed by atoms with Gasteiger partial charge in [-0.15, -0.1) is 0 Å². The van der Waals surface area contributed by atoms with E-state index in [4.69, 9.17) is 4.74 Å². The fourth-order valence-electron chi connectivity index (χ4n) is 5.53. The second-order valence-corrected chi connectivity index (χ2v) is 9.92. The van der Waals surface area contributed by atoms with Crippen molar-refractivity contribution in [1.82, 2.24) is 9.88 Å². The zero-order chi connectivity index (χ0) is 24.9. The van der Waals surface area contributed by atoms with Crippen molar-refractivity contribution in [2.75, 3.05) is 38.3 Å². The topological polar surface area (TPSA) is 48.6 Å². The molecule has 5 nitrogen and oxygen atoms in total. The molecular weight excluding hydrogens is 455 g/mol. The highest BCUT2D eigenvalue weighted by Crippen LogP contribution is 2.43. The van der Waals surface area contributed by atoms with Crippen LogP contribution in [0.5, 0.6) is 0 Å². The lowest BCUT2D eigenvalue weighted by atomic mass is 9.87. The molecule has 2 aliphatic rings. The average Bonchev–Trinajstić information content (AvgIpc) is 3.17. The lowest BCUT2D eigenvalue weighted by Gasteiger charge is -2.42. The number of methoxy groups -OCH3 is 1. The third-order valence-corrected chi connectivity index (χ3v) is 7.42. The fourth-order valence-corrected chi connectivity index (χ4v) is 5.53. The molecule has 1 aromatic heterocycles. The molecule has 1 N–H and O–H groups in total. The monoisotopic (exact) mass is 485 g/mol. The van der Waals surface area contributed by atoms with Gasteiger partial charge in [-0.25, -0.2) is 8.78 Å². The number of aromatic amines is 1. The highest BCUT2D eigenvalue weighted by molar-refractivity contribution is 5.85. The van der Waals surface area contributed by atoms with Crippen LogP contribution in [0.1, 0.15) is 36.7 Å². The Balaban J connectivity index is 1.57. The molecule has 0 unspecified atom stereocenters. The minimum absolute atomic E-state index is 0.0321. The number of carbonyl (C=O) groups is 1. The van der Waals surface area contributed by atoms with Gasteiger partial charge in [-0.1, -0.05) is 25.1 Å². The highest BCUT2D eigenvalue weighted by Gasteiger charge is 2.40. The first kappa shape index (κ1) is 23.7. The second-order valence-electron chi connectivity index (χ2n) is 9.92. The number of nitrogens with zero attached hydrogens (tertiary/aromatic N) is 2. The Kier molecular flexibility index (Phi) is 6.25. The largest absolute Gasteiger partial charge is 0.469 e. The standard InChI is InChI=1S/C27H30F3N3O2/c1-15(11-28)12-33-16(2)8-20-19-6-4-5-7-23(19)31-25(20)26(33)24-21(29)9-18(10-22(24)30)32-13-17(14-32)27(34)35-3/h4-7,9-10,15-17,26,31H,8,11-14H2,1-3H3/t15-,16-,26-/m1/s1. The van der Waals surface area contributed by atoms with Crippen LogP contribution in [0.25, 0.3) is 10.9 Å². The maximum atomic E-state index is 15.7. The number of H-pyrrole nitrogens is 1. The van der Waals surface area contributed by atoms with Crippen molar-refractivity contribution in [3.05, 3.63) is 64.9 Å². The Bertz CT molecular complexity index is 1230. The lowest BCUT2D eigenvalue weighted by Crippen LogP contribution is -2.51. The van der Waals surface area contributed by atoms with E-state index < -0.39 is 24.4 Å². The number of para-hydroxylation sites is 1. The minimum Gasteiger partial charge on any atom is -0.469 e. The van der Waals surface area contributed by atoms with Crippen molar-refractivity contribution in [2.24, 2.45) is 11.8 Å². The summed E-state index contributed by atoms with van der Waals surface area (Å²) in [4.78, 5) is 18.9. The van der Waals surface area contributed by atoms with Crippen molar-refractivity contribution in [3.63, 3.8) is 0 Å². The zero-order valence-electron chi connectivity index (χ0n) is 20.2. The summed E-state index contributed by atoms with van der Waals surface area (Å²) in [6.07, 6.45) is 0.707. The summed E-state index contributed by atoms with van der Waals surface area (Å²) in [5.74, 6) is -2.19. The second kappa shape index (κ2) is 9.22. The maximum absolute atomic E-state index is 15.7. The lowest BCUT2D eigenvalue weighted by molar-refractivity contribution is -0.146. The number of aromatic nitrogens is 1. The Morgan fingerprint density at radius 1 is 1.20 bits per heavy atom. The Labute approximate surface area is 202 Å². The number of rotatable bonds is 6. The average molecular weight is 486 g/mol. The van der Waals surface area contributed by atoms with Gasteiger partial charge in [0.05, 0.1) is 25.7 Å². The van der Waals surface area contributed by atoms with Crippen LogP contribution in [0.2, 0.25) is 0 Å². The predicted octanol–water partition coefficient (Wildman–Crippen LogP) is 5.00. The number of ether oxygens (including phenoxy) is 1. The van der Waals surface area contributed by atoms with Crippen molar-refractivity contribution < 1.29 is 22.7 Å². The number of nitrogens with one attached hydrogen (secondary N) is 1. The molecule has 0 radical (unpaired) electrons. The number of benzene rings is 2. The number of esters is 1. The summed E-state index contributed by atoms with van der Waals surface area (Å²) < 4.78 is 49.7. The number of alkyl halides is 1. The summed E-state index contributed by atoms with van der Waals surface area (Å²) in [5, 5.41) is 1.05. The minimum atomic E-state index is -0.705. The molecule has 0 bridgehead atoms. The van der Waals surface area contributed by atoms with Crippen LogP contribution in [0.3, 0.4) is 0 Å². The van der Waals surface area contributed by atoms with E-state index in [0.29, 0.717) is 31.7 Å². The van der Waals surface area contributed by atoms with Crippen LogP contribution < -0.4 is 4.90 Å². The molecule has 1 saturated heterocycles. The summed E-state index contributed by atoms with van der Waals surface area (Å²) in [7, 11) is 1.33. The van der Waals surface area contributed by atoms with Crippen molar-refractivity contribution in [1.29, 1.82) is 0 Å². The number of carbonyl (C=O) groups excluding carboxylic acids is 1. The molecule has 2 aromatic carbocycles. The van der Waals surface area contributed by atoms with Crippen LogP contribution >= 0.6 is 0 Å². The molecule has 35 heavy (non-hydrogen) atoms. The van der Waals surface area contributed by atoms with E-state index in [2.05, 4.69) is 4.98 Å². The number of anilines is 1. The summed E-state index contributed by atoms with van der Waals surface area (Å²) in [6, 6.07) is 9.80. The van der Waals surface area contributed by atoms with E-state index in [1.165, 1.54) is 19.2 Å². The third kappa shape index (κ3) is 4.07. The Morgan fingerprint density at radius 2 is 1.89 bits per heavy atom. The summed E-state index contributed by atoms with van der Waals surface area (Å²) >= 11 is 0. The molecule has 0 amide bonds. The van der Waals surface area contributed by atoms with Gasteiger partial charge in [-0.3, -0.25) is 14.1 Å². The Morgan fingerprint density at radius 3 is 2.54 bits per heavy atom.